The molecule has 9 heteroatoms. The van der Waals surface area contributed by atoms with Crippen LogP contribution in [0.4, 0.5) is 5.82 Å². The predicted octanol–water partition coefficient (Wildman–Crippen LogP) is 3.35. The van der Waals surface area contributed by atoms with Crippen LogP contribution in [0.15, 0.2) is 54.6 Å². The Morgan fingerprint density at radius 2 is 1.85 bits per heavy atom. The number of hydrogen-bond donors (Lipinski definition) is 1. The number of halogens is 1. The van der Waals surface area contributed by atoms with Crippen molar-refractivity contribution in [3.8, 4) is 22.8 Å². The van der Waals surface area contributed by atoms with Crippen molar-refractivity contribution >= 4 is 23.3 Å². The Bertz CT molecular complexity index is 1160. The van der Waals surface area contributed by atoms with E-state index in [1.165, 1.54) is 0 Å². The number of carbonyl (C=O) groups excluding carboxylic acids is 1. The zero-order valence-electron chi connectivity index (χ0n) is 18.7. The molecular weight excluding hydrogens is 454 g/mol. The number of amides is 1. The van der Waals surface area contributed by atoms with Gasteiger partial charge in [0, 0.05) is 38.3 Å². The number of hydrogen-bond acceptors (Lipinski definition) is 7. The van der Waals surface area contributed by atoms with Gasteiger partial charge in [-0.1, -0.05) is 35.9 Å². The molecule has 0 saturated carbocycles. The maximum absolute atomic E-state index is 12.8. The first-order chi connectivity index (χ1) is 16.7. The Labute approximate surface area is 203 Å². The van der Waals surface area contributed by atoms with Crippen LogP contribution in [0.1, 0.15) is 12.0 Å². The van der Waals surface area contributed by atoms with Crippen molar-refractivity contribution < 1.29 is 14.3 Å². The Balaban J connectivity index is 1.12. The van der Waals surface area contributed by atoms with Gasteiger partial charge >= 0.3 is 0 Å². The number of carbonyl (C=O) groups is 1. The number of aromatic nitrogens is 2. The minimum atomic E-state index is 0.0998. The summed E-state index contributed by atoms with van der Waals surface area (Å²) in [5, 5.41) is 12.7. The average molecular weight is 480 g/mol. The molecule has 34 heavy (non-hydrogen) atoms. The fraction of sp³-hybridized carbons (Fsp3) is 0.320. The van der Waals surface area contributed by atoms with Gasteiger partial charge in [-0.05, 0) is 42.3 Å². The Morgan fingerprint density at radius 3 is 2.71 bits per heavy atom. The lowest BCUT2D eigenvalue weighted by Gasteiger charge is -2.23. The zero-order chi connectivity index (χ0) is 23.3. The maximum Gasteiger partial charge on any atom is 0.236 e. The molecule has 3 heterocycles. The van der Waals surface area contributed by atoms with Crippen LogP contribution in [0.3, 0.4) is 0 Å². The Kier molecular flexibility index (Phi) is 6.78. The van der Waals surface area contributed by atoms with E-state index < -0.39 is 0 Å². The van der Waals surface area contributed by atoms with Gasteiger partial charge in [-0.15, -0.1) is 10.2 Å². The third-order valence-electron chi connectivity index (χ3n) is 6.02. The SMILES string of the molecule is O=C(CNCc1ccc2c(c1)OCO2)N1CCCN(c2ccc(-c3ccccc3Cl)nn2)CC1. The Morgan fingerprint density at radius 1 is 0.971 bits per heavy atom. The van der Waals surface area contributed by atoms with Crippen LogP contribution in [0.25, 0.3) is 11.3 Å². The molecule has 0 bridgehead atoms. The van der Waals surface area contributed by atoms with E-state index in [2.05, 4.69) is 20.4 Å². The van der Waals surface area contributed by atoms with Gasteiger partial charge in [0.2, 0.25) is 12.7 Å². The molecule has 1 aromatic heterocycles. The lowest BCUT2D eigenvalue weighted by molar-refractivity contribution is -0.130. The van der Waals surface area contributed by atoms with Crippen molar-refractivity contribution in [1.29, 1.82) is 0 Å². The van der Waals surface area contributed by atoms with Crippen molar-refractivity contribution in [3.63, 3.8) is 0 Å². The highest BCUT2D eigenvalue weighted by Crippen LogP contribution is 2.32. The largest absolute Gasteiger partial charge is 0.454 e. The van der Waals surface area contributed by atoms with Gasteiger partial charge in [0.1, 0.15) is 0 Å². The maximum atomic E-state index is 12.8. The average Bonchev–Trinajstić information content (AvgIpc) is 3.19. The second-order valence-electron chi connectivity index (χ2n) is 8.27. The van der Waals surface area contributed by atoms with Crippen molar-refractivity contribution in [2.45, 2.75) is 13.0 Å². The lowest BCUT2D eigenvalue weighted by atomic mass is 10.1. The molecule has 2 aliphatic heterocycles. The van der Waals surface area contributed by atoms with E-state index in [0.29, 0.717) is 31.2 Å². The first-order valence-electron chi connectivity index (χ1n) is 11.4. The van der Waals surface area contributed by atoms with E-state index in [4.69, 9.17) is 21.1 Å². The molecule has 0 spiro atoms. The second-order valence-corrected chi connectivity index (χ2v) is 8.68. The van der Waals surface area contributed by atoms with Crippen LogP contribution in [-0.4, -0.2) is 60.5 Å². The van der Waals surface area contributed by atoms with E-state index in [0.717, 1.165) is 53.6 Å². The molecule has 2 aliphatic rings. The van der Waals surface area contributed by atoms with Gasteiger partial charge in [-0.2, -0.15) is 0 Å². The van der Waals surface area contributed by atoms with Crippen LogP contribution >= 0.6 is 11.6 Å². The predicted molar refractivity (Wildman–Crippen MR) is 130 cm³/mol. The summed E-state index contributed by atoms with van der Waals surface area (Å²) in [4.78, 5) is 16.9. The van der Waals surface area contributed by atoms with Crippen LogP contribution in [0.2, 0.25) is 5.02 Å². The fourth-order valence-corrected chi connectivity index (χ4v) is 4.41. The lowest BCUT2D eigenvalue weighted by Crippen LogP contribution is -2.40. The van der Waals surface area contributed by atoms with Crippen LogP contribution in [0, 0.1) is 0 Å². The molecule has 8 nitrogen and oxygen atoms in total. The number of benzene rings is 2. The number of fused-ring (bicyclic) bond motifs is 1. The van der Waals surface area contributed by atoms with Gasteiger partial charge < -0.3 is 24.6 Å². The molecule has 1 N–H and O–H groups in total. The monoisotopic (exact) mass is 479 g/mol. The molecule has 1 amide bonds. The van der Waals surface area contributed by atoms with Gasteiger partial charge in [0.05, 0.1) is 17.3 Å². The van der Waals surface area contributed by atoms with E-state index in [-0.39, 0.29) is 12.7 Å². The van der Waals surface area contributed by atoms with Gasteiger partial charge in [-0.25, -0.2) is 0 Å². The standard InChI is InChI=1S/C25H26ClN5O3/c26-20-5-2-1-4-19(20)21-7-9-24(29-28-21)30-10-3-11-31(13-12-30)25(32)16-27-15-18-6-8-22-23(14-18)34-17-33-22/h1-2,4-9,14,27H,3,10-13,15-17H2. The summed E-state index contributed by atoms with van der Waals surface area (Å²) in [5.41, 5.74) is 2.66. The van der Waals surface area contributed by atoms with Crippen LogP contribution < -0.4 is 19.7 Å². The molecular formula is C25H26ClN5O3. The van der Waals surface area contributed by atoms with Crippen molar-refractivity contribution in [1.82, 2.24) is 20.4 Å². The molecule has 5 rings (SSSR count). The summed E-state index contributed by atoms with van der Waals surface area (Å²) in [6.45, 7) is 4.07. The number of rotatable bonds is 6. The third kappa shape index (κ3) is 5.08. The normalized spacial score (nSPS) is 15.3. The summed E-state index contributed by atoms with van der Waals surface area (Å²) in [5.74, 6) is 2.42. The van der Waals surface area contributed by atoms with Crippen LogP contribution in [-0.2, 0) is 11.3 Å². The van der Waals surface area contributed by atoms with Crippen molar-refractivity contribution in [2.24, 2.45) is 0 Å². The van der Waals surface area contributed by atoms with Crippen molar-refractivity contribution in [2.75, 3.05) is 44.4 Å². The molecule has 1 saturated heterocycles. The second kappa shape index (κ2) is 10.3. The summed E-state index contributed by atoms with van der Waals surface area (Å²) in [7, 11) is 0. The summed E-state index contributed by atoms with van der Waals surface area (Å²) < 4.78 is 10.7. The summed E-state index contributed by atoms with van der Waals surface area (Å²) in [6, 6.07) is 17.3. The van der Waals surface area contributed by atoms with Gasteiger partial charge in [-0.3, -0.25) is 4.79 Å². The smallest absolute Gasteiger partial charge is 0.236 e. The van der Waals surface area contributed by atoms with E-state index in [1.807, 2.05) is 59.5 Å². The van der Waals surface area contributed by atoms with Gasteiger partial charge in [0.25, 0.3) is 0 Å². The molecule has 3 aromatic rings. The van der Waals surface area contributed by atoms with Gasteiger partial charge in [0.15, 0.2) is 17.3 Å². The minimum Gasteiger partial charge on any atom is -0.454 e. The Hall–Kier alpha value is -3.36. The minimum absolute atomic E-state index is 0.0998. The van der Waals surface area contributed by atoms with E-state index in [1.54, 1.807) is 0 Å². The number of nitrogens with zero attached hydrogens (tertiary/aromatic N) is 4. The fourth-order valence-electron chi connectivity index (χ4n) is 4.18. The molecule has 0 atom stereocenters. The molecule has 0 radical (unpaired) electrons. The first kappa shape index (κ1) is 22.4. The number of anilines is 1. The summed E-state index contributed by atoms with van der Waals surface area (Å²) >= 11 is 6.28. The quantitative estimate of drug-likeness (QED) is 0.580. The zero-order valence-corrected chi connectivity index (χ0v) is 19.5. The molecule has 1 fully saturated rings. The number of ether oxygens (including phenoxy) is 2. The van der Waals surface area contributed by atoms with E-state index in [9.17, 15) is 4.79 Å². The third-order valence-corrected chi connectivity index (χ3v) is 6.34. The van der Waals surface area contributed by atoms with E-state index >= 15 is 0 Å². The topological polar surface area (TPSA) is 79.8 Å². The molecule has 0 aliphatic carbocycles. The highest BCUT2D eigenvalue weighted by molar-refractivity contribution is 6.33. The first-order valence-corrected chi connectivity index (χ1v) is 11.8. The molecule has 2 aromatic carbocycles. The highest BCUT2D eigenvalue weighted by Gasteiger charge is 2.20. The number of nitrogens with one attached hydrogen (secondary N) is 1. The summed E-state index contributed by atoms with van der Waals surface area (Å²) in [6.07, 6.45) is 0.877. The highest BCUT2D eigenvalue weighted by atomic mass is 35.5. The molecule has 0 unspecified atom stereocenters. The molecule has 176 valence electrons. The van der Waals surface area contributed by atoms with Crippen LogP contribution in [0.5, 0.6) is 11.5 Å². The van der Waals surface area contributed by atoms with Crippen molar-refractivity contribution in [3.05, 3.63) is 65.2 Å².